The normalized spacial score (nSPS) is 22.9. The summed E-state index contributed by atoms with van der Waals surface area (Å²) < 4.78 is 11.5. The Morgan fingerprint density at radius 2 is 0.474 bits per heavy atom. The van der Waals surface area contributed by atoms with Gasteiger partial charge in [0, 0.05) is 132 Å². The van der Waals surface area contributed by atoms with Crippen LogP contribution >= 0.6 is 0 Å². The summed E-state index contributed by atoms with van der Waals surface area (Å²) in [5, 5.41) is 20.5. The van der Waals surface area contributed by atoms with Crippen molar-refractivity contribution < 1.29 is 83.5 Å². The molecule has 0 amide bonds. The van der Waals surface area contributed by atoms with Gasteiger partial charge in [-0.15, -0.1) is 24.2 Å². The van der Waals surface area contributed by atoms with Gasteiger partial charge in [-0.3, -0.25) is 39.2 Å². The number of rotatable bonds is 28. The van der Waals surface area contributed by atoms with E-state index in [0.717, 1.165) is 43.7 Å². The summed E-state index contributed by atoms with van der Waals surface area (Å²) >= 11 is 0. The fraction of sp³-hybridized carbons (Fsp3) is 1.00. The smallest absolute Gasteiger partial charge is 0.114 e. The van der Waals surface area contributed by atoms with Crippen LogP contribution in [-0.2, 0) is 0 Å². The van der Waals surface area contributed by atoms with Crippen molar-refractivity contribution in [1.29, 1.82) is 0 Å². The molecule has 0 aromatic heterocycles. The van der Waals surface area contributed by atoms with E-state index in [9.17, 15) is 0 Å². The average molecular weight is 2010 g/mol. The molecule has 0 bridgehead atoms. The quantitative estimate of drug-likeness (QED) is 0.0698. The third-order valence-corrected chi connectivity index (χ3v) is 56.2. The number of hydrogen-bond acceptors (Lipinski definition) is 12. The van der Waals surface area contributed by atoms with Crippen molar-refractivity contribution in [3.05, 3.63) is 21.3 Å². The molecule has 0 N–H and O–H groups in total. The van der Waals surface area contributed by atoms with Gasteiger partial charge in [0.05, 0.1) is 39.0 Å². The summed E-state index contributed by atoms with van der Waals surface area (Å²) in [6.45, 7) is 96.4. The van der Waals surface area contributed by atoms with Gasteiger partial charge in [0.2, 0.25) is 0 Å². The second kappa shape index (κ2) is 51.0. The average Bonchev–Trinajstić information content (AvgIpc) is 0.725. The van der Waals surface area contributed by atoms with E-state index in [1.54, 1.807) is 0 Å². The minimum Gasteiger partial charge on any atom is -0.664 e. The van der Waals surface area contributed by atoms with Crippen LogP contribution in [-0.4, -0.2) is 259 Å². The van der Waals surface area contributed by atoms with Crippen LogP contribution in [0.4, 0.5) is 0 Å². The van der Waals surface area contributed by atoms with Crippen molar-refractivity contribution in [2.45, 2.75) is 557 Å². The van der Waals surface area contributed by atoms with Crippen molar-refractivity contribution in [3.8, 4) is 0 Å². The van der Waals surface area contributed by atoms with Gasteiger partial charge in [-0.05, 0) is 121 Å². The first-order valence-electron chi connectivity index (χ1n) is 48.5. The number of hydrogen-bond donors (Lipinski definition) is 0. The maximum atomic E-state index is 5.39. The molecule has 0 radical (unpaired) electrons. The first-order valence-corrected chi connectivity index (χ1v) is 76.1. The zero-order chi connectivity index (χ0) is 86.2. The van der Waals surface area contributed by atoms with Crippen LogP contribution in [0, 0.1) is 83.5 Å². The van der Waals surface area contributed by atoms with Crippen molar-refractivity contribution in [2.75, 3.05) is 26.7 Å². The Morgan fingerprint density at radius 1 is 0.250 bits per heavy atom. The fourth-order valence-electron chi connectivity index (χ4n) is 22.1. The van der Waals surface area contributed by atoms with E-state index in [-0.39, 0.29) is 96.1 Å². The van der Waals surface area contributed by atoms with Crippen LogP contribution in [0.2, 0.25) is 157 Å². The van der Waals surface area contributed by atoms with Gasteiger partial charge >= 0.3 is 0 Å². The standard InChI is InChI=1S/C20H43N3Si2.C19H41N3Si2.C15H28N2.C14H35N3Si2.C13H33N3Si2.C9H20N2.2Ce/c1-24(2,3)23(25(4,5)6)20-21(18-13-9-7-10-14-18)17-22(20)19-15-11-8-12-16-19;1-23(2,3)22(24(4,5)6)19(20-17-13-9-7-10-14-17)21-18-15-11-8-12-16-18;1-13-16(14-8-4-2-5-9-14)12-17(13)15-10-6-3-7-11-15;1-12(2)15-11-16(13(3)4)14(15)17(18(5,6)7)19(8,9)10;1-11(2)14-13(15-12(3)4)16(17(5,6)7)18(8,9)10;1-7(2)10-6-11(8(3)4)9(10)5;;/h18-20H,7-17H2,1-6H3;17-19H,7-16H2,1-6H3;13-15H,2-12H2,1H3;12-14H,11H2,1-10H3;11-13H,1-10H3;7-9H,6H2,1-5H3;;/q;-2;;;-2;;;. The first kappa shape index (κ1) is 114. The molecule has 0 unspecified atom stereocenters. The predicted octanol–water partition coefficient (Wildman–Crippen LogP) is 25.9. The maximum Gasteiger partial charge on any atom is 0.114 e. The summed E-state index contributed by atoms with van der Waals surface area (Å²) in [4.78, 5) is 21.7. The molecule has 4 heterocycles. The first-order chi connectivity index (χ1) is 52.5. The molecular weight excluding hydrogens is 1810 g/mol. The topological polar surface area (TPSA) is 95.3 Å². The molecule has 0 aromatic rings. The zero-order valence-corrected chi connectivity index (χ0v) is 98.9. The van der Waals surface area contributed by atoms with Gasteiger partial charge < -0.3 is 38.2 Å². The molecule has 0 aromatic carbocycles. The van der Waals surface area contributed by atoms with E-state index in [2.05, 4.69) is 310 Å². The molecule has 4 saturated heterocycles. The molecule has 10 aliphatic rings. The van der Waals surface area contributed by atoms with Crippen LogP contribution in [0.15, 0.2) is 0 Å². The van der Waals surface area contributed by atoms with Crippen LogP contribution in [0.3, 0.4) is 0 Å². The van der Waals surface area contributed by atoms with Crippen LogP contribution in [0.1, 0.15) is 290 Å². The second-order valence-corrected chi connectivity index (χ2v) is 87.5. The summed E-state index contributed by atoms with van der Waals surface area (Å²) in [6.07, 6.45) is 45.4. The van der Waals surface area contributed by atoms with Crippen LogP contribution in [0.25, 0.3) is 21.3 Å². The summed E-state index contributed by atoms with van der Waals surface area (Å²) in [5.74, 6) is 0. The van der Waals surface area contributed by atoms with Gasteiger partial charge in [0.15, 0.2) is 0 Å². The van der Waals surface area contributed by atoms with Gasteiger partial charge in [-0.25, -0.2) is 0 Å². The van der Waals surface area contributed by atoms with Gasteiger partial charge in [-0.1, -0.05) is 326 Å². The SMILES string of the molecule is CC(C)N1CN(C(C)C)C1C.CC(C)N1CN(C(C)C)C1N([Si](C)(C)C)[Si](C)(C)C.CC(C)[N-]C([N-]C(C)C)N([Si](C)(C)C)[Si](C)(C)C.CC1N(C2CCCCC2)CN1C1CCCCC1.C[Si](C)(C)N(C([N-]C1CCCCC1)[N-]C1CCCCC1)[Si](C)(C)C.C[Si](C)(C)N(C1N(C2CCCCC2)CN1C1CCCCC1)[Si](C)(C)C.[Ce].[Ce]. The largest absolute Gasteiger partial charge is 0.664 e. The Labute approximate surface area is 801 Å². The molecule has 684 valence electrons. The third kappa shape index (κ3) is 35.9. The van der Waals surface area contributed by atoms with Gasteiger partial charge in [-0.2, -0.15) is 12.6 Å². The monoisotopic (exact) mass is 2010 g/mol. The van der Waals surface area contributed by atoms with Crippen molar-refractivity contribution in [3.63, 3.8) is 0 Å². The second-order valence-electron chi connectivity index (χ2n) is 47.1. The molecular formula is C90H200Ce2N16Si8-4. The van der Waals surface area contributed by atoms with Gasteiger partial charge in [0.25, 0.3) is 0 Å². The Balaban J connectivity index is 0.000000364. The van der Waals surface area contributed by atoms with Crippen molar-refractivity contribution in [1.82, 2.24) is 56.1 Å². The number of nitrogens with zero attached hydrogens (tertiary/aromatic N) is 16. The zero-order valence-electron chi connectivity index (χ0n) is 84.6. The summed E-state index contributed by atoms with van der Waals surface area (Å²) in [5.41, 5.74) is 0. The molecule has 116 heavy (non-hydrogen) atoms. The Morgan fingerprint density at radius 3 is 0.698 bits per heavy atom. The molecule has 0 spiro atoms. The van der Waals surface area contributed by atoms with E-state index in [0.29, 0.717) is 67.1 Å². The molecule has 6 aliphatic carbocycles. The fourth-order valence-corrected chi connectivity index (χ4v) is 61.6. The molecule has 26 heteroatoms. The van der Waals surface area contributed by atoms with Crippen molar-refractivity contribution >= 4 is 65.9 Å². The van der Waals surface area contributed by atoms with E-state index in [1.807, 2.05) is 0 Å². The molecule has 10 rings (SSSR count). The van der Waals surface area contributed by atoms with Crippen LogP contribution < -0.4 is 0 Å². The van der Waals surface area contributed by atoms with Crippen molar-refractivity contribution in [2.24, 2.45) is 0 Å². The Hall–Kier alpha value is 3.85. The predicted molar refractivity (Wildman–Crippen MR) is 528 cm³/mol. The summed E-state index contributed by atoms with van der Waals surface area (Å²) in [6, 6.07) is 8.00. The Kier molecular flexibility index (Phi) is 50.2. The minimum atomic E-state index is -1.45. The van der Waals surface area contributed by atoms with Crippen LogP contribution in [0.5, 0.6) is 0 Å². The van der Waals surface area contributed by atoms with E-state index in [4.69, 9.17) is 21.3 Å². The van der Waals surface area contributed by atoms with E-state index >= 15 is 0 Å². The summed E-state index contributed by atoms with van der Waals surface area (Å²) in [7, 11) is -11.1. The minimum absolute atomic E-state index is 0. The Bertz CT molecular complexity index is 2460. The molecule has 10 fully saturated rings. The molecule has 6 saturated carbocycles. The maximum absolute atomic E-state index is 5.39. The molecule has 16 nitrogen and oxygen atoms in total. The molecule has 0 atom stereocenters. The third-order valence-electron chi connectivity index (χ3n) is 26.6. The van der Waals surface area contributed by atoms with Gasteiger partial charge in [0.1, 0.15) is 78.5 Å². The molecule has 4 aliphatic heterocycles. The van der Waals surface area contributed by atoms with E-state index in [1.165, 1.54) is 206 Å². The van der Waals surface area contributed by atoms with E-state index < -0.39 is 65.9 Å².